The van der Waals surface area contributed by atoms with Crippen molar-refractivity contribution in [1.29, 1.82) is 0 Å². The molecule has 4 amide bonds. The van der Waals surface area contributed by atoms with Gasteiger partial charge in [0.05, 0.1) is 91.8 Å². The Kier molecular flexibility index (Phi) is 32.4. The van der Waals surface area contributed by atoms with Crippen LogP contribution >= 0.6 is 0 Å². The Morgan fingerprint density at radius 2 is 0.714 bits per heavy atom. The summed E-state index contributed by atoms with van der Waals surface area (Å²) in [6.45, 7) is 9.29. The number of pyridine rings is 3. The average Bonchev–Trinajstić information content (AvgIpc) is 1.67. The van der Waals surface area contributed by atoms with E-state index in [1.54, 1.807) is 134 Å². The lowest BCUT2D eigenvalue weighted by molar-refractivity contribution is 0.0624. The fourth-order valence-electron chi connectivity index (χ4n) is 18.0. The van der Waals surface area contributed by atoms with E-state index in [2.05, 4.69) is 56.6 Å². The van der Waals surface area contributed by atoms with E-state index in [-0.39, 0.29) is 45.9 Å². The molecule has 4 atom stereocenters. The molecule has 4 fully saturated rings. The van der Waals surface area contributed by atoms with E-state index in [0.717, 1.165) is 78.3 Å². The number of nitrogens with one attached hydrogen (secondary N) is 4. The van der Waals surface area contributed by atoms with Gasteiger partial charge in [0.2, 0.25) is 0 Å². The molecule has 9 aromatic carbocycles. The van der Waals surface area contributed by atoms with Crippen LogP contribution in [0, 0.1) is 74.6 Å². The van der Waals surface area contributed by atoms with Crippen molar-refractivity contribution < 1.29 is 51.7 Å². The smallest absolute Gasteiger partial charge is 0.274 e. The van der Waals surface area contributed by atoms with Crippen molar-refractivity contribution in [3.63, 3.8) is 0 Å². The molecule has 16 aromatic rings. The first-order valence-electron chi connectivity index (χ1n) is 49.7. The summed E-state index contributed by atoms with van der Waals surface area (Å²) in [5.74, 6) is -1.79. The number of hydrogen-bond donors (Lipinski definition) is 11. The van der Waals surface area contributed by atoms with Crippen molar-refractivity contribution in [2.75, 3.05) is 27.9 Å². The van der Waals surface area contributed by atoms with Crippen LogP contribution in [0.5, 0.6) is 0 Å². The van der Waals surface area contributed by atoms with Gasteiger partial charge in [0.15, 0.2) is 0 Å². The molecule has 7 aromatic heterocycles. The number of nitrogens with two attached hydrogens (primary N) is 5. The Labute approximate surface area is 850 Å². The van der Waals surface area contributed by atoms with Crippen molar-refractivity contribution in [2.45, 2.75) is 167 Å². The lowest BCUT2D eigenvalue weighted by atomic mass is 9.82. The number of carbonyl (C=O) groups excluding carboxylic acids is 4. The topological polar surface area (TPSA) is 406 Å². The molecular weight excluding hydrogens is 1860 g/mol. The van der Waals surface area contributed by atoms with Gasteiger partial charge in [0.25, 0.3) is 23.6 Å². The number of nitrogens with zero attached hydrogens (tertiary/aromatic N) is 11. The molecule has 0 saturated heterocycles. The molecule has 0 spiro atoms. The van der Waals surface area contributed by atoms with Crippen LogP contribution in [0.3, 0.4) is 0 Å². The molecule has 4 saturated carbocycles. The van der Waals surface area contributed by atoms with Crippen molar-refractivity contribution >= 4 is 46.4 Å². The fraction of sp³-hybridized carbons (Fsp3) is 0.267. The normalized spacial score (nSPS) is 14.6. The summed E-state index contributed by atoms with van der Waals surface area (Å²) in [5.41, 5.74) is 41.9. The number of aliphatic hydroxyl groups is 2. The molecule has 7 heterocycles. The summed E-state index contributed by atoms with van der Waals surface area (Å²) < 4.78 is 72.1. The Morgan fingerprint density at radius 3 is 1.09 bits per heavy atom. The number of carbonyl (C=O) groups is 4. The van der Waals surface area contributed by atoms with Gasteiger partial charge in [-0.1, -0.05) is 160 Å². The Balaban J connectivity index is 0.000000134. The number of halogens is 4. The Morgan fingerprint density at radius 1 is 0.361 bits per heavy atom. The number of hydrogen-bond acceptors (Lipinski definition) is 19. The Bertz CT molecular complexity index is 6820. The van der Waals surface area contributed by atoms with E-state index in [1.807, 2.05) is 165 Å². The lowest BCUT2D eigenvalue weighted by Gasteiger charge is -2.30. The van der Waals surface area contributed by atoms with Gasteiger partial charge in [0, 0.05) is 56.5 Å². The first kappa shape index (κ1) is 103. The fourth-order valence-corrected chi connectivity index (χ4v) is 18.0. The molecule has 0 bridgehead atoms. The van der Waals surface area contributed by atoms with E-state index < -0.39 is 63.6 Å². The van der Waals surface area contributed by atoms with Crippen molar-refractivity contribution in [3.8, 4) is 22.7 Å². The zero-order chi connectivity index (χ0) is 103. The van der Waals surface area contributed by atoms with Crippen LogP contribution in [0.2, 0.25) is 0 Å². The molecule has 4 unspecified atom stereocenters. The highest BCUT2D eigenvalue weighted by molar-refractivity contribution is 6.06. The van der Waals surface area contributed by atoms with E-state index in [9.17, 15) is 47.0 Å². The van der Waals surface area contributed by atoms with Gasteiger partial charge in [-0.3, -0.25) is 34.1 Å². The van der Waals surface area contributed by atoms with Crippen LogP contribution in [-0.4, -0.2) is 94.5 Å². The highest BCUT2D eigenvalue weighted by atomic mass is 19.1. The van der Waals surface area contributed by atoms with Crippen molar-refractivity contribution in [1.82, 2.24) is 54.1 Å². The molecule has 0 radical (unpaired) electrons. The third-order valence-electron chi connectivity index (χ3n) is 27.0. The van der Waals surface area contributed by atoms with Crippen LogP contribution in [0.15, 0.2) is 298 Å². The van der Waals surface area contributed by atoms with E-state index in [4.69, 9.17) is 33.4 Å². The largest absolute Gasteiger partial charge is 0.380 e. The van der Waals surface area contributed by atoms with Crippen LogP contribution in [0.25, 0.3) is 22.7 Å². The second-order valence-corrected chi connectivity index (χ2v) is 38.3. The second kappa shape index (κ2) is 46.3. The molecular formula is C116H120F4N20O7. The van der Waals surface area contributed by atoms with Gasteiger partial charge in [-0.05, 0) is 304 Å². The molecule has 147 heavy (non-hydrogen) atoms. The minimum Gasteiger partial charge on any atom is -0.380 e. The van der Waals surface area contributed by atoms with Crippen LogP contribution in [-0.2, 0) is 47.7 Å². The maximum Gasteiger partial charge on any atom is 0.274 e. The minimum atomic E-state index is -1.40. The van der Waals surface area contributed by atoms with Gasteiger partial charge < -0.3 is 64.9 Å². The summed E-state index contributed by atoms with van der Waals surface area (Å²) in [6.07, 6.45) is 19.9. The van der Waals surface area contributed by atoms with E-state index >= 15 is 0 Å². The average molecular weight is 1980 g/mol. The number of amides is 4. The van der Waals surface area contributed by atoms with Gasteiger partial charge in [-0.2, -0.15) is 20.4 Å². The third kappa shape index (κ3) is 25.4. The summed E-state index contributed by atoms with van der Waals surface area (Å²) in [7, 11) is 0. The minimum absolute atomic E-state index is 0.0163. The molecule has 754 valence electrons. The SMILES string of the molecule is Cc1cc(C(=O)Nc2cc(C(N)(CCC3CC3)c3ccccn3)ccc2F)n(-c2cccc(CN)c2)n1.Cc1cc(C(=O)Nc2cc(C(O)(CCC3CC3)c3ccccn3)ccc2F)n(-c2cccc(CN)c2)n1.Cc1cc(C(=O)Nc2cc(C(O)(CCC3CC3)c3cccnc3)ccc2F)n(-c2cccc(CN)c2)n1.Cc1cc(C(=O)Nc2cc(C(OCC3CC3)c3ccccc3)ccc2F)n(-c2cccc(CN)c2)n1. The lowest BCUT2D eigenvalue weighted by Crippen LogP contribution is -2.39. The first-order chi connectivity index (χ1) is 71.1. The van der Waals surface area contributed by atoms with Crippen molar-refractivity contribution in [3.05, 3.63) is 434 Å². The number of anilines is 4. The highest BCUT2D eigenvalue weighted by Crippen LogP contribution is 2.46. The van der Waals surface area contributed by atoms with Gasteiger partial charge in [-0.25, -0.2) is 36.3 Å². The summed E-state index contributed by atoms with van der Waals surface area (Å²) in [6, 6.07) is 79.0. The second-order valence-electron chi connectivity index (χ2n) is 38.3. The number of ether oxygens (including phenoxy) is 1. The molecule has 16 N–H and O–H groups in total. The standard InChI is InChI=1S/C29H31FN6O.2C29H30FN5O2.C29H29FN4O2/c1-19-15-26(36(35-19)23-6-4-5-21(16-23)18-31)28(37)34-25-17-22(10-11-24(25)30)29(32,13-12-20-8-9-20)27-7-2-3-14-33-27;1-19-14-27(35(34-19)24-6-2-4-21(15-24)17-31)28(36)33-26-16-22(9-10-25(26)30)29(37,12-11-20-7-8-20)23-5-3-13-32-18-23;1-19-15-26(35(34-19)23-6-4-5-21(16-23)18-31)28(36)33-25-17-22(10-11-24(25)30)29(37,13-12-20-8-9-20)27-7-2-3-14-32-27;1-19-14-27(34(33-19)24-9-5-6-21(15-24)17-31)29(35)32-26-16-23(12-13-25(26)30)28(36-18-20-10-11-20)22-7-3-2-4-8-22/h2-7,10-11,14-17,20H,8-9,12-13,18,31-32H2,1H3,(H,34,37);2-6,9-10,13-16,18,20,37H,7-8,11-12,17,31H2,1H3,(H,33,36);2-7,10-11,14-17,20,37H,8-9,12-13,18,31H2,1H3,(H,33,36);2-9,12-16,20,28H,10-11,17-18,31H2,1H3,(H,32,35). The van der Waals surface area contributed by atoms with Crippen molar-refractivity contribution in [2.24, 2.45) is 52.3 Å². The number of rotatable bonds is 36. The summed E-state index contributed by atoms with van der Waals surface area (Å²) in [5, 5.41) is 52.4. The predicted octanol–water partition coefficient (Wildman–Crippen LogP) is 20.1. The summed E-state index contributed by atoms with van der Waals surface area (Å²) in [4.78, 5) is 66.5. The van der Waals surface area contributed by atoms with Gasteiger partial charge in [0.1, 0.15) is 63.4 Å². The molecule has 4 aliphatic carbocycles. The number of aromatic nitrogens is 11. The maximum absolute atomic E-state index is 15.0. The predicted molar refractivity (Wildman–Crippen MR) is 559 cm³/mol. The zero-order valence-corrected chi connectivity index (χ0v) is 82.4. The van der Waals surface area contributed by atoms with Gasteiger partial charge >= 0.3 is 0 Å². The first-order valence-corrected chi connectivity index (χ1v) is 49.7. The Hall–Kier alpha value is -15.5. The maximum atomic E-state index is 15.0. The quantitative estimate of drug-likeness (QED) is 0.0162. The number of aryl methyl sites for hydroxylation is 4. The van der Waals surface area contributed by atoms with E-state index in [0.29, 0.717) is 161 Å². The monoisotopic (exact) mass is 1980 g/mol. The van der Waals surface area contributed by atoms with E-state index in [1.165, 1.54) is 71.4 Å². The molecule has 27 nitrogen and oxygen atoms in total. The van der Waals surface area contributed by atoms with Gasteiger partial charge in [-0.15, -0.1) is 0 Å². The van der Waals surface area contributed by atoms with Crippen LogP contribution < -0.4 is 49.9 Å². The molecule has 0 aliphatic heterocycles. The number of benzene rings is 9. The summed E-state index contributed by atoms with van der Waals surface area (Å²) >= 11 is 0. The highest BCUT2D eigenvalue weighted by Gasteiger charge is 2.40. The molecule has 20 rings (SSSR count). The third-order valence-corrected chi connectivity index (χ3v) is 27.0. The van der Waals surface area contributed by atoms with Crippen LogP contribution in [0.4, 0.5) is 40.3 Å². The van der Waals surface area contributed by atoms with Crippen LogP contribution in [0.1, 0.15) is 228 Å². The molecule has 31 heteroatoms. The molecule has 4 aliphatic rings. The zero-order valence-electron chi connectivity index (χ0n) is 82.4.